The van der Waals surface area contributed by atoms with E-state index in [4.69, 9.17) is 0 Å². The number of amides is 2. The number of pyridine rings is 1. The summed E-state index contributed by atoms with van der Waals surface area (Å²) in [4.78, 5) is 32.6. The van der Waals surface area contributed by atoms with Gasteiger partial charge in [-0.1, -0.05) is 6.07 Å². The van der Waals surface area contributed by atoms with Gasteiger partial charge >= 0.3 is 0 Å². The fourth-order valence-electron chi connectivity index (χ4n) is 2.95. The molecule has 0 saturated carbocycles. The number of carbonyl (C=O) groups is 2. The largest absolute Gasteiger partial charge is 0.307 e. The summed E-state index contributed by atoms with van der Waals surface area (Å²) in [7, 11) is 0. The molecule has 136 valence electrons. The second kappa shape index (κ2) is 6.92. The summed E-state index contributed by atoms with van der Waals surface area (Å²) in [6.45, 7) is 2.48. The third-order valence-electron chi connectivity index (χ3n) is 4.35. The molecule has 0 unspecified atom stereocenters. The van der Waals surface area contributed by atoms with Crippen LogP contribution >= 0.6 is 11.3 Å². The third kappa shape index (κ3) is 3.46. The number of aryl methyl sites for hydroxylation is 1. The summed E-state index contributed by atoms with van der Waals surface area (Å²) in [5, 5.41) is 2.77. The molecule has 0 spiro atoms. The predicted octanol–water partition coefficient (Wildman–Crippen LogP) is 4.05. The number of rotatable bonds is 3. The second-order valence-corrected chi connectivity index (χ2v) is 7.44. The van der Waals surface area contributed by atoms with E-state index in [1.165, 1.54) is 35.6 Å². The maximum absolute atomic E-state index is 13.1. The van der Waals surface area contributed by atoms with Gasteiger partial charge in [0.05, 0.1) is 10.6 Å². The minimum Gasteiger partial charge on any atom is -0.307 e. The van der Waals surface area contributed by atoms with Crippen LogP contribution in [-0.4, -0.2) is 23.3 Å². The summed E-state index contributed by atoms with van der Waals surface area (Å²) in [5.41, 5.74) is 2.18. The molecule has 27 heavy (non-hydrogen) atoms. The number of carbonyl (C=O) groups excluding carboxylic acids is 2. The minimum atomic E-state index is -0.382. The van der Waals surface area contributed by atoms with Crippen molar-refractivity contribution in [3.63, 3.8) is 0 Å². The number of nitrogens with zero attached hydrogens (tertiary/aromatic N) is 2. The molecule has 1 N–H and O–H groups in total. The Kier molecular flexibility index (Phi) is 4.45. The molecule has 0 aliphatic carbocycles. The molecule has 0 radical (unpaired) electrons. The zero-order chi connectivity index (χ0) is 19.0. The van der Waals surface area contributed by atoms with Crippen LogP contribution in [0.15, 0.2) is 48.7 Å². The van der Waals surface area contributed by atoms with Gasteiger partial charge in [0.2, 0.25) is 0 Å². The van der Waals surface area contributed by atoms with Gasteiger partial charge in [-0.05, 0) is 48.9 Å². The molecule has 1 aromatic carbocycles. The summed E-state index contributed by atoms with van der Waals surface area (Å²) in [6.07, 6.45) is 2.39. The van der Waals surface area contributed by atoms with Crippen LogP contribution in [-0.2, 0) is 6.42 Å². The molecular weight excluding hydrogens is 365 g/mol. The monoisotopic (exact) mass is 381 g/mol. The zero-order valence-electron chi connectivity index (χ0n) is 14.5. The van der Waals surface area contributed by atoms with Gasteiger partial charge in [-0.15, -0.1) is 11.3 Å². The Balaban J connectivity index is 1.53. The molecule has 3 aromatic rings. The number of aromatic nitrogens is 1. The number of fused-ring (bicyclic) bond motifs is 1. The highest BCUT2D eigenvalue weighted by atomic mass is 32.1. The van der Waals surface area contributed by atoms with Gasteiger partial charge < -0.3 is 10.2 Å². The first kappa shape index (κ1) is 17.4. The molecule has 7 heteroatoms. The van der Waals surface area contributed by atoms with E-state index in [0.717, 1.165) is 16.1 Å². The fraction of sp³-hybridized carbons (Fsp3) is 0.150. The Morgan fingerprint density at radius 3 is 2.67 bits per heavy atom. The number of anilines is 2. The van der Waals surface area contributed by atoms with Crippen LogP contribution < -0.4 is 10.2 Å². The molecule has 1 aliphatic heterocycles. The van der Waals surface area contributed by atoms with Crippen molar-refractivity contribution in [1.29, 1.82) is 0 Å². The predicted molar refractivity (Wildman–Crippen MR) is 103 cm³/mol. The maximum atomic E-state index is 13.1. The number of hydrogen-bond donors (Lipinski definition) is 1. The molecule has 1 aliphatic rings. The molecule has 0 fully saturated rings. The molecular formula is C20H16FN3O2S. The van der Waals surface area contributed by atoms with Gasteiger partial charge in [0, 0.05) is 29.6 Å². The molecule has 2 aromatic heterocycles. The lowest BCUT2D eigenvalue weighted by Gasteiger charge is -2.16. The maximum Gasteiger partial charge on any atom is 0.266 e. The number of halogens is 1. The fourth-order valence-corrected chi connectivity index (χ4v) is 4.00. The van der Waals surface area contributed by atoms with Crippen molar-refractivity contribution in [3.05, 3.63) is 75.4 Å². The van der Waals surface area contributed by atoms with Gasteiger partial charge in [0.15, 0.2) is 0 Å². The van der Waals surface area contributed by atoms with Gasteiger partial charge in [0.1, 0.15) is 11.6 Å². The summed E-state index contributed by atoms with van der Waals surface area (Å²) >= 11 is 1.38. The topological polar surface area (TPSA) is 62.3 Å². The molecule has 0 atom stereocenters. The zero-order valence-corrected chi connectivity index (χ0v) is 15.3. The first-order valence-corrected chi connectivity index (χ1v) is 9.27. The highest BCUT2D eigenvalue weighted by Gasteiger charge is 2.29. The minimum absolute atomic E-state index is 0.196. The molecule has 5 nitrogen and oxygen atoms in total. The van der Waals surface area contributed by atoms with Gasteiger partial charge in [-0.2, -0.15) is 0 Å². The molecule has 0 saturated heterocycles. The lowest BCUT2D eigenvalue weighted by atomic mass is 10.2. The highest BCUT2D eigenvalue weighted by Crippen LogP contribution is 2.37. The van der Waals surface area contributed by atoms with Crippen molar-refractivity contribution in [2.24, 2.45) is 0 Å². The second-order valence-electron chi connectivity index (χ2n) is 6.31. The first-order valence-electron chi connectivity index (χ1n) is 8.45. The van der Waals surface area contributed by atoms with Crippen LogP contribution in [0.5, 0.6) is 0 Å². The van der Waals surface area contributed by atoms with Crippen molar-refractivity contribution >= 4 is 34.7 Å². The van der Waals surface area contributed by atoms with Crippen LogP contribution in [0.25, 0.3) is 0 Å². The Hall–Kier alpha value is -3.06. The van der Waals surface area contributed by atoms with Crippen molar-refractivity contribution in [2.75, 3.05) is 16.8 Å². The van der Waals surface area contributed by atoms with Crippen molar-refractivity contribution < 1.29 is 14.0 Å². The van der Waals surface area contributed by atoms with Crippen LogP contribution in [0.2, 0.25) is 0 Å². The summed E-state index contributed by atoms with van der Waals surface area (Å²) in [5.74, 6) is -0.343. The van der Waals surface area contributed by atoms with Gasteiger partial charge in [-0.25, -0.2) is 9.37 Å². The van der Waals surface area contributed by atoms with Crippen LogP contribution in [0, 0.1) is 12.7 Å². The average molecular weight is 381 g/mol. The number of nitrogens with one attached hydrogen (secondary N) is 1. The van der Waals surface area contributed by atoms with E-state index in [2.05, 4.69) is 10.3 Å². The smallest absolute Gasteiger partial charge is 0.266 e. The molecule has 2 amide bonds. The van der Waals surface area contributed by atoms with E-state index in [-0.39, 0.29) is 17.6 Å². The van der Waals surface area contributed by atoms with E-state index >= 15 is 0 Å². The SMILES string of the molecule is Cc1ccc(NC(=O)c2cc3c(s2)CCN3C(=O)c2ccc(F)cc2)nc1. The lowest BCUT2D eigenvalue weighted by Crippen LogP contribution is -2.28. The normalized spacial score (nSPS) is 12.7. The first-order chi connectivity index (χ1) is 13.0. The van der Waals surface area contributed by atoms with Crippen LogP contribution in [0.1, 0.15) is 30.5 Å². The number of benzene rings is 1. The van der Waals surface area contributed by atoms with Crippen LogP contribution in [0.4, 0.5) is 15.9 Å². The van der Waals surface area contributed by atoms with E-state index in [1.54, 1.807) is 23.2 Å². The van der Waals surface area contributed by atoms with E-state index < -0.39 is 0 Å². The van der Waals surface area contributed by atoms with Crippen molar-refractivity contribution in [2.45, 2.75) is 13.3 Å². The molecule has 3 heterocycles. The Labute approximate surface area is 159 Å². The summed E-state index contributed by atoms with van der Waals surface area (Å²) < 4.78 is 13.1. The highest BCUT2D eigenvalue weighted by molar-refractivity contribution is 7.14. The Morgan fingerprint density at radius 2 is 1.96 bits per heavy atom. The Morgan fingerprint density at radius 1 is 1.19 bits per heavy atom. The number of thiophene rings is 1. The third-order valence-corrected chi connectivity index (χ3v) is 5.54. The quantitative estimate of drug-likeness (QED) is 0.745. The van der Waals surface area contributed by atoms with E-state index in [1.807, 2.05) is 13.0 Å². The van der Waals surface area contributed by atoms with Crippen LogP contribution in [0.3, 0.4) is 0 Å². The van der Waals surface area contributed by atoms with E-state index in [0.29, 0.717) is 29.2 Å². The summed E-state index contributed by atoms with van der Waals surface area (Å²) in [6, 6.07) is 10.8. The van der Waals surface area contributed by atoms with Gasteiger partial charge in [-0.3, -0.25) is 9.59 Å². The number of hydrogen-bond acceptors (Lipinski definition) is 4. The Bertz CT molecular complexity index is 1010. The van der Waals surface area contributed by atoms with E-state index in [9.17, 15) is 14.0 Å². The lowest BCUT2D eigenvalue weighted by molar-refractivity contribution is 0.0986. The van der Waals surface area contributed by atoms with Crippen molar-refractivity contribution in [1.82, 2.24) is 4.98 Å². The standard InChI is InChI=1S/C20H16FN3O2S/c1-12-2-7-18(22-11-12)23-19(25)17-10-15-16(27-17)8-9-24(15)20(26)13-3-5-14(21)6-4-13/h2-7,10-11H,8-9H2,1H3,(H,22,23,25). The van der Waals surface area contributed by atoms with Gasteiger partial charge in [0.25, 0.3) is 11.8 Å². The van der Waals surface area contributed by atoms with Crippen molar-refractivity contribution in [3.8, 4) is 0 Å². The molecule has 4 rings (SSSR count). The average Bonchev–Trinajstić information content (AvgIpc) is 3.24. The molecule has 0 bridgehead atoms.